The highest BCUT2D eigenvalue weighted by Gasteiger charge is 2.19. The van der Waals surface area contributed by atoms with Gasteiger partial charge in [0.25, 0.3) is 5.91 Å². The smallest absolute Gasteiger partial charge is 0.261 e. The molecule has 6 nitrogen and oxygen atoms in total. The molecule has 0 spiro atoms. The van der Waals surface area contributed by atoms with Gasteiger partial charge >= 0.3 is 0 Å². The number of pyridine rings is 2. The standard InChI is InChI=1S/C16H11N5O/c22-16(20-13-6-1-3-7-18-13)14-11-5-2-4-8-21(11)12-9-17-10-19-15(12)14/h1-10H,(H,18,20,22). The number of carbonyl (C=O) groups is 1. The van der Waals surface area contributed by atoms with Gasteiger partial charge in [-0.2, -0.15) is 0 Å². The lowest BCUT2D eigenvalue weighted by Gasteiger charge is -2.03. The van der Waals surface area contributed by atoms with Crippen LogP contribution in [0.1, 0.15) is 10.4 Å². The van der Waals surface area contributed by atoms with E-state index in [-0.39, 0.29) is 5.91 Å². The number of amides is 1. The van der Waals surface area contributed by atoms with Crippen molar-refractivity contribution in [2.45, 2.75) is 0 Å². The van der Waals surface area contributed by atoms with Crippen molar-refractivity contribution in [2.75, 3.05) is 5.32 Å². The highest BCUT2D eigenvalue weighted by atomic mass is 16.1. The maximum atomic E-state index is 12.7. The molecule has 0 aliphatic carbocycles. The van der Waals surface area contributed by atoms with Gasteiger partial charge < -0.3 is 9.72 Å². The molecule has 4 aromatic rings. The van der Waals surface area contributed by atoms with E-state index in [1.165, 1.54) is 6.33 Å². The highest BCUT2D eigenvalue weighted by molar-refractivity contribution is 6.17. The van der Waals surface area contributed by atoms with Crippen molar-refractivity contribution >= 4 is 28.3 Å². The largest absolute Gasteiger partial charge is 0.313 e. The summed E-state index contributed by atoms with van der Waals surface area (Å²) in [5, 5.41) is 2.80. The molecular formula is C16H11N5O. The summed E-state index contributed by atoms with van der Waals surface area (Å²) >= 11 is 0. The van der Waals surface area contributed by atoms with Crippen LogP contribution in [0.15, 0.2) is 61.3 Å². The van der Waals surface area contributed by atoms with E-state index in [4.69, 9.17) is 0 Å². The molecular weight excluding hydrogens is 278 g/mol. The van der Waals surface area contributed by atoms with E-state index in [9.17, 15) is 4.79 Å². The first kappa shape index (κ1) is 12.5. The number of fused-ring (bicyclic) bond motifs is 3. The van der Waals surface area contributed by atoms with Crippen LogP contribution in [-0.4, -0.2) is 25.3 Å². The summed E-state index contributed by atoms with van der Waals surface area (Å²) in [6.07, 6.45) is 6.67. The molecule has 0 saturated heterocycles. The highest BCUT2D eigenvalue weighted by Crippen LogP contribution is 2.24. The second-order valence-electron chi connectivity index (χ2n) is 4.76. The molecule has 0 saturated carbocycles. The predicted molar refractivity (Wildman–Crippen MR) is 82.7 cm³/mol. The molecule has 1 N–H and O–H groups in total. The van der Waals surface area contributed by atoms with E-state index >= 15 is 0 Å². The third kappa shape index (κ3) is 1.89. The molecule has 1 amide bonds. The third-order valence-corrected chi connectivity index (χ3v) is 3.44. The van der Waals surface area contributed by atoms with Crippen LogP contribution in [0.3, 0.4) is 0 Å². The van der Waals surface area contributed by atoms with E-state index in [2.05, 4.69) is 20.3 Å². The van der Waals surface area contributed by atoms with Crippen LogP contribution >= 0.6 is 0 Å². The van der Waals surface area contributed by atoms with E-state index in [0.29, 0.717) is 16.9 Å². The molecule has 4 heterocycles. The van der Waals surface area contributed by atoms with Gasteiger partial charge in [-0.3, -0.25) is 4.79 Å². The Kier molecular flexibility index (Phi) is 2.79. The van der Waals surface area contributed by atoms with Crippen molar-refractivity contribution in [3.8, 4) is 0 Å². The quantitative estimate of drug-likeness (QED) is 0.615. The van der Waals surface area contributed by atoms with Crippen LogP contribution in [0, 0.1) is 0 Å². The number of hydrogen-bond acceptors (Lipinski definition) is 4. The zero-order chi connectivity index (χ0) is 14.9. The fourth-order valence-electron chi connectivity index (χ4n) is 2.51. The first-order valence-electron chi connectivity index (χ1n) is 6.76. The summed E-state index contributed by atoms with van der Waals surface area (Å²) in [7, 11) is 0. The van der Waals surface area contributed by atoms with Crippen LogP contribution in [-0.2, 0) is 0 Å². The lowest BCUT2D eigenvalue weighted by atomic mass is 10.2. The van der Waals surface area contributed by atoms with Crippen LogP contribution in [0.5, 0.6) is 0 Å². The van der Waals surface area contributed by atoms with Gasteiger partial charge in [-0.15, -0.1) is 0 Å². The summed E-state index contributed by atoms with van der Waals surface area (Å²) in [6, 6.07) is 11.0. The van der Waals surface area contributed by atoms with E-state index in [1.54, 1.807) is 24.5 Å². The lowest BCUT2D eigenvalue weighted by molar-refractivity contribution is 0.102. The van der Waals surface area contributed by atoms with Crippen molar-refractivity contribution in [3.63, 3.8) is 0 Å². The Morgan fingerprint density at radius 1 is 1.05 bits per heavy atom. The number of carbonyl (C=O) groups excluding carboxylic acids is 1. The van der Waals surface area contributed by atoms with Crippen LogP contribution in [0.4, 0.5) is 5.82 Å². The molecule has 0 fully saturated rings. The predicted octanol–water partition coefficient (Wildman–Crippen LogP) is 2.53. The lowest BCUT2D eigenvalue weighted by Crippen LogP contribution is -2.13. The average Bonchev–Trinajstić information content (AvgIpc) is 2.90. The minimum atomic E-state index is -0.240. The van der Waals surface area contributed by atoms with Gasteiger partial charge in [-0.1, -0.05) is 12.1 Å². The van der Waals surface area contributed by atoms with E-state index < -0.39 is 0 Å². The topological polar surface area (TPSA) is 72.2 Å². The SMILES string of the molecule is O=C(Nc1ccccn1)c1c2ncncc2n2ccccc12. The van der Waals surface area contributed by atoms with Gasteiger partial charge in [0.15, 0.2) is 0 Å². The Morgan fingerprint density at radius 2 is 1.95 bits per heavy atom. The van der Waals surface area contributed by atoms with Crippen LogP contribution in [0.25, 0.3) is 16.6 Å². The summed E-state index contributed by atoms with van der Waals surface area (Å²) in [5.74, 6) is 0.265. The molecule has 0 unspecified atom stereocenters. The van der Waals surface area contributed by atoms with Crippen LogP contribution in [0.2, 0.25) is 0 Å². The Bertz CT molecular complexity index is 924. The summed E-state index contributed by atoms with van der Waals surface area (Å²) in [5.41, 5.74) is 2.72. The maximum absolute atomic E-state index is 12.7. The van der Waals surface area contributed by atoms with Gasteiger partial charge in [0, 0.05) is 12.4 Å². The molecule has 0 atom stereocenters. The first-order chi connectivity index (χ1) is 10.8. The normalized spacial score (nSPS) is 10.9. The molecule has 6 heteroatoms. The Morgan fingerprint density at radius 3 is 2.82 bits per heavy atom. The molecule has 0 aliphatic heterocycles. The molecule has 22 heavy (non-hydrogen) atoms. The van der Waals surface area contributed by atoms with Crippen molar-refractivity contribution in [3.05, 3.63) is 66.9 Å². The molecule has 4 aromatic heterocycles. The van der Waals surface area contributed by atoms with Gasteiger partial charge in [0.1, 0.15) is 17.7 Å². The number of hydrogen-bond donors (Lipinski definition) is 1. The van der Waals surface area contributed by atoms with E-state index in [0.717, 1.165) is 11.0 Å². The summed E-state index contributed by atoms with van der Waals surface area (Å²) in [4.78, 5) is 25.1. The fraction of sp³-hybridized carbons (Fsp3) is 0. The van der Waals surface area contributed by atoms with Crippen molar-refractivity contribution in [1.29, 1.82) is 0 Å². The number of nitrogens with zero attached hydrogens (tertiary/aromatic N) is 4. The molecule has 0 bridgehead atoms. The Hall–Kier alpha value is -3.28. The zero-order valence-electron chi connectivity index (χ0n) is 11.5. The van der Waals surface area contributed by atoms with Crippen molar-refractivity contribution in [1.82, 2.24) is 19.4 Å². The van der Waals surface area contributed by atoms with Gasteiger partial charge in [-0.05, 0) is 24.3 Å². The molecule has 4 rings (SSSR count). The Labute approximate surface area is 125 Å². The summed E-state index contributed by atoms with van der Waals surface area (Å²) in [6.45, 7) is 0. The monoisotopic (exact) mass is 289 g/mol. The summed E-state index contributed by atoms with van der Waals surface area (Å²) < 4.78 is 1.91. The van der Waals surface area contributed by atoms with Crippen molar-refractivity contribution in [2.24, 2.45) is 0 Å². The van der Waals surface area contributed by atoms with Crippen molar-refractivity contribution < 1.29 is 4.79 Å². The van der Waals surface area contributed by atoms with Gasteiger partial charge in [-0.25, -0.2) is 15.0 Å². The fourth-order valence-corrected chi connectivity index (χ4v) is 2.51. The second kappa shape index (κ2) is 4.92. The number of anilines is 1. The van der Waals surface area contributed by atoms with Crippen LogP contribution < -0.4 is 5.32 Å². The number of aromatic nitrogens is 4. The maximum Gasteiger partial charge on any atom is 0.261 e. The number of rotatable bonds is 2. The number of nitrogens with one attached hydrogen (secondary N) is 1. The van der Waals surface area contributed by atoms with E-state index in [1.807, 2.05) is 34.9 Å². The molecule has 0 radical (unpaired) electrons. The molecule has 106 valence electrons. The zero-order valence-corrected chi connectivity index (χ0v) is 11.5. The van der Waals surface area contributed by atoms with Gasteiger partial charge in [0.2, 0.25) is 0 Å². The average molecular weight is 289 g/mol. The third-order valence-electron chi connectivity index (χ3n) is 3.44. The molecule has 0 aliphatic rings. The minimum Gasteiger partial charge on any atom is -0.313 e. The minimum absolute atomic E-state index is 0.240. The van der Waals surface area contributed by atoms with Gasteiger partial charge in [0.05, 0.1) is 22.8 Å². The first-order valence-corrected chi connectivity index (χ1v) is 6.76. The molecule has 0 aromatic carbocycles. The Balaban J connectivity index is 1.91. The second-order valence-corrected chi connectivity index (χ2v) is 4.76.